The number of hydrogen-bond donors (Lipinski definition) is 1. The lowest BCUT2D eigenvalue weighted by atomic mass is 10.0. The largest absolute Gasteiger partial charge is 0.417 e. The summed E-state index contributed by atoms with van der Waals surface area (Å²) in [6.45, 7) is 3.08. The molecule has 1 aliphatic heterocycles. The van der Waals surface area contributed by atoms with Crippen molar-refractivity contribution in [2.45, 2.75) is 38.5 Å². The molecule has 3 aromatic rings. The predicted octanol–water partition coefficient (Wildman–Crippen LogP) is 4.84. The molecule has 34 heavy (non-hydrogen) atoms. The maximum absolute atomic E-state index is 13.1. The summed E-state index contributed by atoms with van der Waals surface area (Å²) in [5.41, 5.74) is 0.777. The van der Waals surface area contributed by atoms with E-state index >= 15 is 0 Å². The van der Waals surface area contributed by atoms with Gasteiger partial charge in [0.05, 0.1) is 23.4 Å². The van der Waals surface area contributed by atoms with E-state index in [1.165, 1.54) is 22.9 Å². The molecule has 0 radical (unpaired) electrons. The molecule has 6 nitrogen and oxygen atoms in total. The van der Waals surface area contributed by atoms with Crippen LogP contribution in [0, 0.1) is 12.7 Å². The van der Waals surface area contributed by atoms with E-state index < -0.39 is 11.7 Å². The SMILES string of the molecule is Cc1nn(Cc2ccc(F)cc2)c(Cl)c1C(=O)NC1CCN(c2ccc(C(F)(F)F)cn2)CC1. The summed E-state index contributed by atoms with van der Waals surface area (Å²) in [5.74, 6) is -0.204. The van der Waals surface area contributed by atoms with E-state index in [0.29, 0.717) is 44.0 Å². The number of anilines is 1. The van der Waals surface area contributed by atoms with Crippen molar-refractivity contribution in [3.05, 3.63) is 75.9 Å². The maximum atomic E-state index is 13.1. The van der Waals surface area contributed by atoms with Gasteiger partial charge in [-0.1, -0.05) is 23.7 Å². The van der Waals surface area contributed by atoms with Crippen LogP contribution in [0.2, 0.25) is 5.15 Å². The predicted molar refractivity (Wildman–Crippen MR) is 119 cm³/mol. The number of rotatable bonds is 5. The van der Waals surface area contributed by atoms with Crippen LogP contribution in [0.5, 0.6) is 0 Å². The van der Waals surface area contributed by atoms with Gasteiger partial charge in [0, 0.05) is 25.3 Å². The average molecular weight is 496 g/mol. The number of halogens is 5. The number of carbonyl (C=O) groups is 1. The van der Waals surface area contributed by atoms with Crippen molar-refractivity contribution in [2.75, 3.05) is 18.0 Å². The summed E-state index contributed by atoms with van der Waals surface area (Å²) in [5, 5.41) is 7.53. The topological polar surface area (TPSA) is 63.1 Å². The van der Waals surface area contributed by atoms with Crippen molar-refractivity contribution < 1.29 is 22.4 Å². The first-order valence-electron chi connectivity index (χ1n) is 10.7. The number of hydrogen-bond acceptors (Lipinski definition) is 4. The number of carbonyl (C=O) groups excluding carboxylic acids is 1. The van der Waals surface area contributed by atoms with Gasteiger partial charge in [-0.2, -0.15) is 18.3 Å². The number of nitrogens with zero attached hydrogens (tertiary/aromatic N) is 4. The second-order valence-electron chi connectivity index (χ2n) is 8.17. The van der Waals surface area contributed by atoms with E-state index in [9.17, 15) is 22.4 Å². The van der Waals surface area contributed by atoms with Crippen molar-refractivity contribution in [2.24, 2.45) is 0 Å². The molecule has 0 unspecified atom stereocenters. The minimum absolute atomic E-state index is 0.117. The molecule has 1 N–H and O–H groups in total. The van der Waals surface area contributed by atoms with Crippen LogP contribution >= 0.6 is 11.6 Å². The van der Waals surface area contributed by atoms with Gasteiger partial charge in [0.25, 0.3) is 5.91 Å². The number of aromatic nitrogens is 3. The number of benzene rings is 1. The molecule has 0 atom stereocenters. The monoisotopic (exact) mass is 495 g/mol. The van der Waals surface area contributed by atoms with E-state index in [1.807, 2.05) is 4.90 Å². The normalized spacial score (nSPS) is 14.9. The smallest absolute Gasteiger partial charge is 0.356 e. The first-order chi connectivity index (χ1) is 16.1. The van der Waals surface area contributed by atoms with Gasteiger partial charge >= 0.3 is 6.18 Å². The molecule has 1 aromatic carbocycles. The van der Waals surface area contributed by atoms with Crippen LogP contribution in [0.1, 0.15) is 40.0 Å². The molecule has 0 bridgehead atoms. The third-order valence-corrected chi connectivity index (χ3v) is 6.15. The lowest BCUT2D eigenvalue weighted by Crippen LogP contribution is -2.45. The number of amides is 1. The molecule has 0 spiro atoms. The van der Waals surface area contributed by atoms with E-state index in [2.05, 4.69) is 15.4 Å². The van der Waals surface area contributed by atoms with Gasteiger partial charge in [-0.3, -0.25) is 4.79 Å². The van der Waals surface area contributed by atoms with Crippen LogP contribution in [0.3, 0.4) is 0 Å². The van der Waals surface area contributed by atoms with E-state index in [0.717, 1.165) is 17.8 Å². The standard InChI is InChI=1S/C23H22ClF4N5O/c1-14-20(21(24)33(31-14)13-15-2-5-17(25)6-3-15)22(34)30-18-8-10-32(11-9-18)19-7-4-16(12-29-19)23(26,27)28/h2-7,12,18H,8-11,13H2,1H3,(H,30,34). The molecule has 1 aliphatic rings. The maximum Gasteiger partial charge on any atom is 0.417 e. The Kier molecular flexibility index (Phi) is 6.79. The summed E-state index contributed by atoms with van der Waals surface area (Å²) in [7, 11) is 0. The fraction of sp³-hybridized carbons (Fsp3) is 0.348. The number of alkyl halides is 3. The molecule has 0 aliphatic carbocycles. The second-order valence-corrected chi connectivity index (χ2v) is 8.53. The molecular formula is C23H22ClF4N5O. The molecule has 1 fully saturated rings. The third kappa shape index (κ3) is 5.32. The highest BCUT2D eigenvalue weighted by Crippen LogP contribution is 2.30. The average Bonchev–Trinajstić information content (AvgIpc) is 3.08. The molecule has 2 aromatic heterocycles. The first kappa shape index (κ1) is 24.0. The zero-order valence-corrected chi connectivity index (χ0v) is 19.0. The Labute approximate surface area is 198 Å². The zero-order valence-electron chi connectivity index (χ0n) is 18.2. The zero-order chi connectivity index (χ0) is 24.5. The minimum atomic E-state index is -4.42. The lowest BCUT2D eigenvalue weighted by Gasteiger charge is -2.33. The van der Waals surface area contributed by atoms with Crippen LogP contribution in [-0.4, -0.2) is 39.8 Å². The summed E-state index contributed by atoms with van der Waals surface area (Å²) >= 11 is 6.44. The number of aryl methyl sites for hydroxylation is 1. The highest BCUT2D eigenvalue weighted by molar-refractivity contribution is 6.33. The molecule has 1 amide bonds. The third-order valence-electron chi connectivity index (χ3n) is 5.77. The molecule has 1 saturated heterocycles. The van der Waals surface area contributed by atoms with Crippen LogP contribution in [0.15, 0.2) is 42.6 Å². The Morgan fingerprint density at radius 3 is 2.41 bits per heavy atom. The van der Waals surface area contributed by atoms with Crippen LogP contribution in [-0.2, 0) is 12.7 Å². The van der Waals surface area contributed by atoms with Gasteiger partial charge in [0.1, 0.15) is 16.8 Å². The van der Waals surface area contributed by atoms with E-state index in [1.54, 1.807) is 19.1 Å². The van der Waals surface area contributed by atoms with Crippen molar-refractivity contribution in [1.82, 2.24) is 20.1 Å². The Bertz CT molecular complexity index is 1150. The number of pyridine rings is 1. The van der Waals surface area contributed by atoms with Crippen LogP contribution in [0.25, 0.3) is 0 Å². The molecule has 3 heterocycles. The van der Waals surface area contributed by atoms with Crippen molar-refractivity contribution in [3.8, 4) is 0 Å². The van der Waals surface area contributed by atoms with Gasteiger partial charge in [0.15, 0.2) is 0 Å². The Morgan fingerprint density at radius 2 is 1.82 bits per heavy atom. The second kappa shape index (κ2) is 9.61. The van der Waals surface area contributed by atoms with Crippen molar-refractivity contribution in [1.29, 1.82) is 0 Å². The Balaban J connectivity index is 1.36. The fourth-order valence-corrected chi connectivity index (χ4v) is 4.25. The quantitative estimate of drug-likeness (QED) is 0.514. The van der Waals surface area contributed by atoms with Crippen LogP contribution < -0.4 is 10.2 Å². The Hall–Kier alpha value is -3.14. The van der Waals surface area contributed by atoms with Gasteiger partial charge < -0.3 is 10.2 Å². The van der Waals surface area contributed by atoms with Crippen molar-refractivity contribution in [3.63, 3.8) is 0 Å². The summed E-state index contributed by atoms with van der Waals surface area (Å²) in [6, 6.07) is 8.21. The van der Waals surface area contributed by atoms with Gasteiger partial charge in [0.2, 0.25) is 0 Å². The minimum Gasteiger partial charge on any atom is -0.356 e. The van der Waals surface area contributed by atoms with Crippen LogP contribution in [0.4, 0.5) is 23.4 Å². The van der Waals surface area contributed by atoms with Gasteiger partial charge in [-0.25, -0.2) is 14.1 Å². The molecule has 0 saturated carbocycles. The summed E-state index contributed by atoms with van der Waals surface area (Å²) < 4.78 is 52.8. The summed E-state index contributed by atoms with van der Waals surface area (Å²) in [4.78, 5) is 18.7. The Morgan fingerprint density at radius 1 is 1.15 bits per heavy atom. The highest BCUT2D eigenvalue weighted by Gasteiger charge is 2.31. The molecule has 180 valence electrons. The number of nitrogens with one attached hydrogen (secondary N) is 1. The fourth-order valence-electron chi connectivity index (χ4n) is 3.93. The van der Waals surface area contributed by atoms with Gasteiger partial charge in [-0.05, 0) is 49.6 Å². The summed E-state index contributed by atoms with van der Waals surface area (Å²) in [6.07, 6.45) is -2.38. The molecule has 4 rings (SSSR count). The van der Waals surface area contributed by atoms with Crippen molar-refractivity contribution >= 4 is 23.3 Å². The van der Waals surface area contributed by atoms with E-state index in [4.69, 9.17) is 11.6 Å². The lowest BCUT2D eigenvalue weighted by molar-refractivity contribution is -0.137. The van der Waals surface area contributed by atoms with Gasteiger partial charge in [-0.15, -0.1) is 0 Å². The highest BCUT2D eigenvalue weighted by atomic mass is 35.5. The molecule has 11 heteroatoms. The first-order valence-corrected chi connectivity index (χ1v) is 11.1. The number of piperidine rings is 1. The van der Waals surface area contributed by atoms with E-state index in [-0.39, 0.29) is 28.5 Å². The molecular weight excluding hydrogens is 474 g/mol.